The predicted molar refractivity (Wildman–Crippen MR) is 93.8 cm³/mol. The van der Waals surface area contributed by atoms with Crippen LogP contribution in [0.3, 0.4) is 0 Å². The van der Waals surface area contributed by atoms with Gasteiger partial charge in [0.25, 0.3) is 5.91 Å². The molecule has 1 heterocycles. The van der Waals surface area contributed by atoms with E-state index in [0.717, 1.165) is 5.57 Å². The van der Waals surface area contributed by atoms with Crippen LogP contribution in [0.15, 0.2) is 11.6 Å². The number of hydrogen-bond acceptors (Lipinski definition) is 4. The van der Waals surface area contributed by atoms with E-state index in [0.29, 0.717) is 6.61 Å². The Morgan fingerprint density at radius 2 is 1.74 bits per heavy atom. The minimum Gasteiger partial charge on any atom is -0.443 e. The molecule has 0 saturated heterocycles. The normalized spacial score (nSPS) is 19.9. The van der Waals surface area contributed by atoms with Crippen molar-refractivity contribution in [3.05, 3.63) is 11.6 Å². The summed E-state index contributed by atoms with van der Waals surface area (Å²) in [6.45, 7) is 18.3. The van der Waals surface area contributed by atoms with Gasteiger partial charge in [0.2, 0.25) is 0 Å². The highest BCUT2D eigenvalue weighted by Crippen LogP contribution is 2.37. The highest BCUT2D eigenvalue weighted by molar-refractivity contribution is 6.74. The quantitative estimate of drug-likeness (QED) is 0.725. The maximum atomic E-state index is 12.4. The van der Waals surface area contributed by atoms with Crippen LogP contribution in [-0.4, -0.2) is 43.5 Å². The summed E-state index contributed by atoms with van der Waals surface area (Å²) in [5.41, 5.74) is 0.193. The van der Waals surface area contributed by atoms with E-state index >= 15 is 0 Å². The lowest BCUT2D eigenvalue weighted by Gasteiger charge is -2.38. The van der Waals surface area contributed by atoms with E-state index in [1.165, 1.54) is 11.0 Å². The first-order valence-electron chi connectivity index (χ1n) is 8.04. The summed E-state index contributed by atoms with van der Waals surface area (Å²) in [5, 5.41) is 0.0734. The summed E-state index contributed by atoms with van der Waals surface area (Å²) in [6.07, 6.45) is 0.878. The molecule has 132 valence electrons. The van der Waals surface area contributed by atoms with Gasteiger partial charge in [-0.3, -0.25) is 4.79 Å². The maximum Gasteiger partial charge on any atom is 0.417 e. The van der Waals surface area contributed by atoms with E-state index in [1.54, 1.807) is 20.8 Å². The van der Waals surface area contributed by atoms with Gasteiger partial charge in [0.15, 0.2) is 8.32 Å². The molecule has 0 aliphatic carbocycles. The Balaban J connectivity index is 2.88. The molecule has 6 heteroatoms. The zero-order chi connectivity index (χ0) is 18.2. The molecule has 1 aliphatic heterocycles. The summed E-state index contributed by atoms with van der Waals surface area (Å²) in [5.74, 6) is -0.333. The van der Waals surface area contributed by atoms with Crippen LogP contribution in [0.2, 0.25) is 18.1 Å². The monoisotopic (exact) mass is 341 g/mol. The van der Waals surface area contributed by atoms with E-state index < -0.39 is 20.0 Å². The summed E-state index contributed by atoms with van der Waals surface area (Å²) in [6, 6.07) is -0.383. The molecule has 0 bridgehead atoms. The van der Waals surface area contributed by atoms with Gasteiger partial charge in [0.05, 0.1) is 12.6 Å². The van der Waals surface area contributed by atoms with Crippen molar-refractivity contribution in [1.82, 2.24) is 4.90 Å². The van der Waals surface area contributed by atoms with Gasteiger partial charge in [0, 0.05) is 6.08 Å². The number of ether oxygens (including phenoxy) is 1. The van der Waals surface area contributed by atoms with Gasteiger partial charge >= 0.3 is 6.09 Å². The van der Waals surface area contributed by atoms with E-state index in [-0.39, 0.29) is 17.0 Å². The summed E-state index contributed by atoms with van der Waals surface area (Å²) in [4.78, 5) is 25.7. The summed E-state index contributed by atoms with van der Waals surface area (Å²) < 4.78 is 11.6. The molecule has 1 aliphatic rings. The van der Waals surface area contributed by atoms with Crippen molar-refractivity contribution >= 4 is 20.3 Å². The lowest BCUT2D eigenvalue weighted by Crippen LogP contribution is -2.49. The van der Waals surface area contributed by atoms with Crippen LogP contribution in [-0.2, 0) is 14.0 Å². The Bertz CT molecular complexity index is 512. The van der Waals surface area contributed by atoms with Gasteiger partial charge in [-0.1, -0.05) is 20.8 Å². The molecule has 1 rings (SSSR count). The molecule has 23 heavy (non-hydrogen) atoms. The molecule has 0 unspecified atom stereocenters. The van der Waals surface area contributed by atoms with Gasteiger partial charge in [-0.25, -0.2) is 9.69 Å². The molecule has 0 spiro atoms. The highest BCUT2D eigenvalue weighted by atomic mass is 28.4. The minimum absolute atomic E-state index is 0.0734. The fourth-order valence-corrected chi connectivity index (χ4v) is 2.96. The number of carbonyl (C=O) groups excluding carboxylic acids is 2. The third-order valence-electron chi connectivity index (χ3n) is 4.42. The molecule has 0 radical (unpaired) electrons. The minimum atomic E-state index is -1.95. The number of amides is 2. The van der Waals surface area contributed by atoms with Crippen LogP contribution in [0.4, 0.5) is 4.79 Å². The Labute approximate surface area is 141 Å². The molecule has 0 aromatic heterocycles. The number of hydrogen-bond donors (Lipinski definition) is 0. The fraction of sp³-hybridized carbons (Fsp3) is 0.765. The van der Waals surface area contributed by atoms with Gasteiger partial charge < -0.3 is 9.16 Å². The maximum absolute atomic E-state index is 12.4. The van der Waals surface area contributed by atoms with Crippen LogP contribution >= 0.6 is 0 Å². The van der Waals surface area contributed by atoms with Gasteiger partial charge in [0.1, 0.15) is 5.60 Å². The molecule has 0 aromatic carbocycles. The lowest BCUT2D eigenvalue weighted by molar-refractivity contribution is -0.125. The largest absolute Gasteiger partial charge is 0.443 e. The van der Waals surface area contributed by atoms with Crippen LogP contribution in [0.1, 0.15) is 48.5 Å². The molecule has 2 amide bonds. The zero-order valence-corrected chi connectivity index (χ0v) is 16.9. The van der Waals surface area contributed by atoms with Crippen molar-refractivity contribution in [3.63, 3.8) is 0 Å². The molecule has 1 atom stereocenters. The summed E-state index contributed by atoms with van der Waals surface area (Å²) >= 11 is 0. The third-order valence-corrected chi connectivity index (χ3v) is 8.93. The standard InChI is InChI=1S/C17H31NO4Si/c1-12-10-14(19)18(15(20)22-16(2,3)4)13(12)11-21-23(8,9)17(5,6)7/h10,13H,11H2,1-9H3/t13-/m1/s1. The second-order valence-electron chi connectivity index (χ2n) is 8.66. The van der Waals surface area contributed by atoms with E-state index in [9.17, 15) is 9.59 Å². The average Bonchev–Trinajstić information content (AvgIpc) is 2.57. The fourth-order valence-electron chi connectivity index (χ4n) is 1.96. The van der Waals surface area contributed by atoms with Gasteiger partial charge in [-0.2, -0.15) is 0 Å². The molecule has 0 saturated carbocycles. The molecule has 0 N–H and O–H groups in total. The van der Waals surface area contributed by atoms with Crippen LogP contribution in [0.25, 0.3) is 0 Å². The van der Waals surface area contributed by atoms with Crippen LogP contribution in [0, 0.1) is 0 Å². The SMILES string of the molecule is CC1=CC(=O)N(C(=O)OC(C)(C)C)[C@@H]1CO[Si](C)(C)C(C)(C)C. The number of imide groups is 1. The van der Waals surface area contributed by atoms with Crippen LogP contribution < -0.4 is 0 Å². The van der Waals surface area contributed by atoms with Gasteiger partial charge in [-0.05, 0) is 51.4 Å². The lowest BCUT2D eigenvalue weighted by atomic mass is 10.1. The molecule has 5 nitrogen and oxygen atoms in total. The van der Waals surface area contributed by atoms with E-state index in [4.69, 9.17) is 9.16 Å². The average molecular weight is 342 g/mol. The van der Waals surface area contributed by atoms with E-state index in [1.807, 2.05) is 6.92 Å². The summed E-state index contributed by atoms with van der Waals surface area (Å²) in [7, 11) is -1.95. The smallest absolute Gasteiger partial charge is 0.417 e. The van der Waals surface area contributed by atoms with Crippen molar-refractivity contribution in [2.45, 2.75) is 78.2 Å². The second kappa shape index (κ2) is 6.40. The predicted octanol–water partition coefficient (Wildman–Crippen LogP) is 4.10. The van der Waals surface area contributed by atoms with Crippen molar-refractivity contribution < 1.29 is 18.8 Å². The topological polar surface area (TPSA) is 55.8 Å². The first-order valence-corrected chi connectivity index (χ1v) is 10.9. The second-order valence-corrected chi connectivity index (χ2v) is 13.5. The van der Waals surface area contributed by atoms with Crippen molar-refractivity contribution in [2.24, 2.45) is 0 Å². The Morgan fingerprint density at radius 3 is 2.17 bits per heavy atom. The zero-order valence-electron chi connectivity index (χ0n) is 15.9. The number of nitrogens with zero attached hydrogens (tertiary/aromatic N) is 1. The number of carbonyl (C=O) groups is 2. The Kier molecular flexibility index (Phi) is 5.53. The highest BCUT2D eigenvalue weighted by Gasteiger charge is 2.42. The number of rotatable bonds is 3. The molecule has 0 aromatic rings. The van der Waals surface area contributed by atoms with Gasteiger partial charge in [-0.15, -0.1) is 0 Å². The first kappa shape index (κ1) is 19.9. The Morgan fingerprint density at radius 1 is 1.22 bits per heavy atom. The Hall–Kier alpha value is -1.14. The molecular weight excluding hydrogens is 310 g/mol. The third kappa shape index (κ3) is 4.91. The first-order chi connectivity index (χ1) is 10.2. The van der Waals surface area contributed by atoms with E-state index in [2.05, 4.69) is 33.9 Å². The van der Waals surface area contributed by atoms with Crippen molar-refractivity contribution in [2.75, 3.05) is 6.61 Å². The van der Waals surface area contributed by atoms with Crippen LogP contribution in [0.5, 0.6) is 0 Å². The molecule has 0 fully saturated rings. The molecular formula is C17H31NO4Si. The van der Waals surface area contributed by atoms with Crippen molar-refractivity contribution in [3.8, 4) is 0 Å². The van der Waals surface area contributed by atoms with Crippen molar-refractivity contribution in [1.29, 1.82) is 0 Å².